The fourth-order valence-corrected chi connectivity index (χ4v) is 4.07. The number of sulfone groups is 1. The molecule has 1 saturated heterocycles. The summed E-state index contributed by atoms with van der Waals surface area (Å²) in [6.45, 7) is -0.509. The van der Waals surface area contributed by atoms with E-state index in [9.17, 15) is 18.0 Å². The molecule has 0 spiro atoms. The first-order valence-corrected chi connectivity index (χ1v) is 9.01. The maximum Gasteiger partial charge on any atom is 0.342 e. The number of benzene rings is 1. The highest BCUT2D eigenvalue weighted by Crippen LogP contribution is 2.23. The van der Waals surface area contributed by atoms with Crippen molar-refractivity contribution in [3.05, 3.63) is 28.8 Å². The molecule has 1 aliphatic rings. The summed E-state index contributed by atoms with van der Waals surface area (Å²) in [4.78, 5) is 23.7. The van der Waals surface area contributed by atoms with Crippen LogP contribution in [0.1, 0.15) is 16.8 Å². The lowest BCUT2D eigenvalue weighted by atomic mass is 10.2. The van der Waals surface area contributed by atoms with Gasteiger partial charge in [-0.05, 0) is 24.6 Å². The van der Waals surface area contributed by atoms with E-state index in [2.05, 4.69) is 5.32 Å². The predicted molar refractivity (Wildman–Crippen MR) is 83.5 cm³/mol. The molecule has 1 aromatic rings. The maximum atomic E-state index is 12.0. The van der Waals surface area contributed by atoms with E-state index in [4.69, 9.17) is 21.1 Å². The molecule has 1 N–H and O–H groups in total. The van der Waals surface area contributed by atoms with Crippen LogP contribution in [0.3, 0.4) is 0 Å². The van der Waals surface area contributed by atoms with Crippen LogP contribution in [0.25, 0.3) is 0 Å². The first-order valence-electron chi connectivity index (χ1n) is 6.81. The molecule has 1 unspecified atom stereocenters. The summed E-state index contributed by atoms with van der Waals surface area (Å²) in [6.07, 6.45) is 0.365. The van der Waals surface area contributed by atoms with Gasteiger partial charge in [0.2, 0.25) is 0 Å². The van der Waals surface area contributed by atoms with Crippen LogP contribution in [0.2, 0.25) is 5.02 Å². The number of carbonyl (C=O) groups excluding carboxylic acids is 2. The number of amides is 1. The standard InChI is InChI=1S/C14H16ClNO6S/c1-21-12-3-2-9(15)6-11(12)14(18)22-7-13(17)16-10-4-5-23(19,20)8-10/h2-3,6,10H,4-5,7-8H2,1H3,(H,16,17). The van der Waals surface area contributed by atoms with Crippen LogP contribution in [0, 0.1) is 0 Å². The third kappa shape index (κ3) is 4.84. The molecule has 1 atom stereocenters. The fraction of sp³-hybridized carbons (Fsp3) is 0.429. The van der Waals surface area contributed by atoms with E-state index < -0.39 is 34.4 Å². The van der Waals surface area contributed by atoms with Crippen molar-refractivity contribution in [1.29, 1.82) is 0 Å². The van der Waals surface area contributed by atoms with E-state index in [0.717, 1.165) is 0 Å². The number of halogens is 1. The highest BCUT2D eigenvalue weighted by atomic mass is 35.5. The molecule has 126 valence electrons. The fourth-order valence-electron chi connectivity index (χ4n) is 2.23. The summed E-state index contributed by atoms with van der Waals surface area (Å²) >= 11 is 5.82. The monoisotopic (exact) mass is 361 g/mol. The zero-order valence-electron chi connectivity index (χ0n) is 12.4. The molecule has 0 radical (unpaired) electrons. The van der Waals surface area contributed by atoms with Crippen molar-refractivity contribution in [2.45, 2.75) is 12.5 Å². The van der Waals surface area contributed by atoms with Crippen LogP contribution >= 0.6 is 11.6 Å². The van der Waals surface area contributed by atoms with Gasteiger partial charge in [-0.2, -0.15) is 0 Å². The number of carbonyl (C=O) groups is 2. The highest BCUT2D eigenvalue weighted by Gasteiger charge is 2.29. The molecule has 0 saturated carbocycles. The average molecular weight is 362 g/mol. The van der Waals surface area contributed by atoms with Gasteiger partial charge in [-0.15, -0.1) is 0 Å². The Bertz CT molecular complexity index is 718. The molecule has 0 aromatic heterocycles. The third-order valence-corrected chi connectivity index (χ3v) is 5.32. The van der Waals surface area contributed by atoms with Crippen molar-refractivity contribution in [3.63, 3.8) is 0 Å². The van der Waals surface area contributed by atoms with Crippen LogP contribution in [0.15, 0.2) is 18.2 Å². The number of hydrogen-bond acceptors (Lipinski definition) is 6. The van der Waals surface area contributed by atoms with E-state index in [1.165, 1.54) is 19.2 Å². The van der Waals surface area contributed by atoms with Gasteiger partial charge in [0.05, 0.1) is 18.6 Å². The zero-order valence-corrected chi connectivity index (χ0v) is 13.9. The number of hydrogen-bond donors (Lipinski definition) is 1. The molecule has 23 heavy (non-hydrogen) atoms. The van der Waals surface area contributed by atoms with Crippen molar-refractivity contribution >= 4 is 33.3 Å². The molecular formula is C14H16ClNO6S. The largest absolute Gasteiger partial charge is 0.496 e. The first-order chi connectivity index (χ1) is 10.8. The van der Waals surface area contributed by atoms with Crippen LogP contribution in [0.5, 0.6) is 5.75 Å². The second kappa shape index (κ2) is 7.18. The van der Waals surface area contributed by atoms with Gasteiger partial charge < -0.3 is 14.8 Å². The van der Waals surface area contributed by atoms with Gasteiger partial charge >= 0.3 is 5.97 Å². The predicted octanol–water partition coefficient (Wildman–Crippen LogP) is 0.809. The normalized spacial score (nSPS) is 19.1. The van der Waals surface area contributed by atoms with Crippen molar-refractivity contribution in [2.24, 2.45) is 0 Å². The van der Waals surface area contributed by atoms with Gasteiger partial charge in [0.1, 0.15) is 11.3 Å². The van der Waals surface area contributed by atoms with Gasteiger partial charge in [-0.3, -0.25) is 4.79 Å². The minimum Gasteiger partial charge on any atom is -0.496 e. The second-order valence-electron chi connectivity index (χ2n) is 5.09. The Kier molecular flexibility index (Phi) is 5.48. The summed E-state index contributed by atoms with van der Waals surface area (Å²) in [7, 11) is -1.69. The summed E-state index contributed by atoms with van der Waals surface area (Å²) in [5.41, 5.74) is 0.108. The van der Waals surface area contributed by atoms with Gasteiger partial charge in [-0.1, -0.05) is 11.6 Å². The molecule has 1 fully saturated rings. The molecule has 2 rings (SSSR count). The minimum absolute atomic E-state index is 0.0530. The van der Waals surface area contributed by atoms with Crippen molar-refractivity contribution < 1.29 is 27.5 Å². The summed E-state index contributed by atoms with van der Waals surface area (Å²) in [5.74, 6) is -1.06. The van der Waals surface area contributed by atoms with Crippen molar-refractivity contribution in [2.75, 3.05) is 25.2 Å². The Morgan fingerprint density at radius 1 is 1.39 bits per heavy atom. The number of nitrogens with one attached hydrogen (secondary N) is 1. The van der Waals surface area contributed by atoms with Crippen LogP contribution < -0.4 is 10.1 Å². The number of rotatable bonds is 5. The number of methoxy groups -OCH3 is 1. The summed E-state index contributed by atoms with van der Waals surface area (Å²) in [6, 6.07) is 4.02. The summed E-state index contributed by atoms with van der Waals surface area (Å²) < 4.78 is 32.6. The van der Waals surface area contributed by atoms with Crippen LogP contribution in [-0.4, -0.2) is 51.6 Å². The molecule has 0 bridgehead atoms. The first kappa shape index (κ1) is 17.6. The summed E-state index contributed by atoms with van der Waals surface area (Å²) in [5, 5.41) is 2.86. The molecular weight excluding hydrogens is 346 g/mol. The lowest BCUT2D eigenvalue weighted by Gasteiger charge is -2.12. The lowest BCUT2D eigenvalue weighted by Crippen LogP contribution is -2.38. The van der Waals surface area contributed by atoms with Gasteiger partial charge in [0.15, 0.2) is 16.4 Å². The number of ether oxygens (including phenoxy) is 2. The topological polar surface area (TPSA) is 98.8 Å². The van der Waals surface area contributed by atoms with E-state index in [0.29, 0.717) is 11.4 Å². The molecule has 1 heterocycles. The third-order valence-electron chi connectivity index (χ3n) is 3.31. The number of esters is 1. The maximum absolute atomic E-state index is 12.0. The molecule has 1 aliphatic heterocycles. The Hall–Kier alpha value is -1.80. The van der Waals surface area contributed by atoms with Crippen molar-refractivity contribution in [1.82, 2.24) is 5.32 Å². The van der Waals surface area contributed by atoms with Crippen molar-refractivity contribution in [3.8, 4) is 5.75 Å². The molecule has 9 heteroatoms. The van der Waals surface area contributed by atoms with E-state index >= 15 is 0 Å². The Morgan fingerprint density at radius 3 is 2.74 bits per heavy atom. The Balaban J connectivity index is 1.89. The Labute approximate surface area is 138 Å². The molecule has 7 nitrogen and oxygen atoms in total. The zero-order chi connectivity index (χ0) is 17.0. The van der Waals surface area contributed by atoms with E-state index in [1.807, 2.05) is 0 Å². The highest BCUT2D eigenvalue weighted by molar-refractivity contribution is 7.91. The average Bonchev–Trinajstić information content (AvgIpc) is 2.83. The molecule has 1 aromatic carbocycles. The minimum atomic E-state index is -3.08. The smallest absolute Gasteiger partial charge is 0.342 e. The SMILES string of the molecule is COc1ccc(Cl)cc1C(=O)OCC(=O)NC1CCS(=O)(=O)C1. The second-order valence-corrected chi connectivity index (χ2v) is 7.75. The Morgan fingerprint density at radius 2 is 2.13 bits per heavy atom. The molecule has 0 aliphatic carbocycles. The van der Waals surface area contributed by atoms with Gasteiger partial charge in [-0.25, -0.2) is 13.2 Å². The van der Waals surface area contributed by atoms with Gasteiger partial charge in [0.25, 0.3) is 5.91 Å². The quantitative estimate of drug-likeness (QED) is 0.779. The van der Waals surface area contributed by atoms with Crippen LogP contribution in [0.4, 0.5) is 0 Å². The van der Waals surface area contributed by atoms with Crippen LogP contribution in [-0.2, 0) is 19.4 Å². The lowest BCUT2D eigenvalue weighted by molar-refractivity contribution is -0.124. The molecule has 1 amide bonds. The van der Waals surface area contributed by atoms with Gasteiger partial charge in [0, 0.05) is 11.1 Å². The van der Waals surface area contributed by atoms with E-state index in [-0.39, 0.29) is 22.8 Å². The van der Waals surface area contributed by atoms with E-state index in [1.54, 1.807) is 6.07 Å².